The van der Waals surface area contributed by atoms with Gasteiger partial charge in [-0.2, -0.15) is 0 Å². The summed E-state index contributed by atoms with van der Waals surface area (Å²) in [5.74, 6) is -0.265. The Bertz CT molecular complexity index is 895. The summed E-state index contributed by atoms with van der Waals surface area (Å²) in [4.78, 5) is 26.8. The first-order chi connectivity index (χ1) is 13.8. The number of ether oxygens (including phenoxy) is 1. The molecule has 0 heterocycles. The van der Waals surface area contributed by atoms with E-state index in [1.165, 1.54) is 11.9 Å². The first-order valence-corrected chi connectivity index (χ1v) is 10.7. The van der Waals surface area contributed by atoms with E-state index in [1.54, 1.807) is 36.4 Å². The molecule has 156 valence electrons. The van der Waals surface area contributed by atoms with Gasteiger partial charge in [0.2, 0.25) is 5.91 Å². The van der Waals surface area contributed by atoms with Gasteiger partial charge in [-0.05, 0) is 42.3 Å². The van der Waals surface area contributed by atoms with Gasteiger partial charge < -0.3 is 15.0 Å². The number of carbonyl (C=O) groups is 2. The topological polar surface area (TPSA) is 58.6 Å². The fourth-order valence-electron chi connectivity index (χ4n) is 2.73. The Morgan fingerprint density at radius 3 is 2.45 bits per heavy atom. The SMILES string of the molecule is CCC(C(=O)NC)N(Cc1ccc(Cl)cc1Cl)C(=O)COc1ccc(Br)cc1Cl. The van der Waals surface area contributed by atoms with Crippen LogP contribution in [0.4, 0.5) is 0 Å². The molecule has 1 unspecified atom stereocenters. The number of benzene rings is 2. The standard InChI is InChI=1S/C20H20BrCl3N2O3/c1-3-17(20(28)25-2)26(10-12-4-6-14(22)9-15(12)23)19(27)11-29-18-7-5-13(21)8-16(18)24/h4-9,17H,3,10-11H2,1-2H3,(H,25,28). The van der Waals surface area contributed by atoms with E-state index in [4.69, 9.17) is 39.5 Å². The highest BCUT2D eigenvalue weighted by atomic mass is 79.9. The van der Waals surface area contributed by atoms with Crippen LogP contribution in [0.25, 0.3) is 0 Å². The highest BCUT2D eigenvalue weighted by Crippen LogP contribution is 2.28. The minimum Gasteiger partial charge on any atom is -0.482 e. The number of amides is 2. The van der Waals surface area contributed by atoms with Crippen LogP contribution in [0.5, 0.6) is 5.75 Å². The van der Waals surface area contributed by atoms with Gasteiger partial charge in [0.05, 0.1) is 5.02 Å². The number of nitrogens with one attached hydrogen (secondary N) is 1. The van der Waals surface area contributed by atoms with Crippen molar-refractivity contribution in [1.29, 1.82) is 0 Å². The molecule has 0 aliphatic carbocycles. The third-order valence-electron chi connectivity index (χ3n) is 4.23. The summed E-state index contributed by atoms with van der Waals surface area (Å²) in [6.45, 7) is 1.69. The lowest BCUT2D eigenvalue weighted by Crippen LogP contribution is -2.49. The van der Waals surface area contributed by atoms with E-state index in [0.717, 1.165) is 4.47 Å². The highest BCUT2D eigenvalue weighted by Gasteiger charge is 2.29. The molecule has 0 aromatic heterocycles. The molecule has 0 aliphatic heterocycles. The molecule has 2 aromatic carbocycles. The highest BCUT2D eigenvalue weighted by molar-refractivity contribution is 9.10. The lowest BCUT2D eigenvalue weighted by Gasteiger charge is -2.30. The third-order valence-corrected chi connectivity index (χ3v) is 5.61. The molecule has 0 radical (unpaired) electrons. The van der Waals surface area contributed by atoms with E-state index in [1.807, 2.05) is 6.92 Å². The van der Waals surface area contributed by atoms with Crippen molar-refractivity contribution in [2.75, 3.05) is 13.7 Å². The molecule has 0 saturated carbocycles. The Morgan fingerprint density at radius 2 is 1.86 bits per heavy atom. The second-order valence-corrected chi connectivity index (χ2v) is 8.33. The molecule has 0 fully saturated rings. The molecule has 9 heteroatoms. The van der Waals surface area contributed by atoms with Crippen LogP contribution in [0.3, 0.4) is 0 Å². The summed E-state index contributed by atoms with van der Waals surface area (Å²) in [6, 6.07) is 9.43. The average molecular weight is 523 g/mol. The van der Waals surface area contributed by atoms with Gasteiger partial charge in [0.15, 0.2) is 6.61 Å². The number of hydrogen-bond acceptors (Lipinski definition) is 3. The van der Waals surface area contributed by atoms with E-state index in [-0.39, 0.29) is 25.0 Å². The van der Waals surface area contributed by atoms with Crippen LogP contribution < -0.4 is 10.1 Å². The predicted octanol–water partition coefficient (Wildman–Crippen LogP) is 5.34. The summed E-state index contributed by atoms with van der Waals surface area (Å²) in [5.41, 5.74) is 0.674. The average Bonchev–Trinajstić information content (AvgIpc) is 2.68. The zero-order valence-corrected chi connectivity index (χ0v) is 19.7. The number of likely N-dealkylation sites (N-methyl/N-ethyl adjacent to an activating group) is 1. The lowest BCUT2D eigenvalue weighted by molar-refractivity contribution is -0.142. The van der Waals surface area contributed by atoms with E-state index in [2.05, 4.69) is 21.2 Å². The number of nitrogens with zero attached hydrogens (tertiary/aromatic N) is 1. The van der Waals surface area contributed by atoms with Crippen LogP contribution in [-0.4, -0.2) is 36.4 Å². The van der Waals surface area contributed by atoms with Crippen molar-refractivity contribution in [1.82, 2.24) is 10.2 Å². The van der Waals surface area contributed by atoms with E-state index >= 15 is 0 Å². The number of rotatable bonds is 8. The smallest absolute Gasteiger partial charge is 0.261 e. The van der Waals surface area contributed by atoms with Crippen LogP contribution in [0.15, 0.2) is 40.9 Å². The number of carbonyl (C=O) groups excluding carboxylic acids is 2. The molecule has 2 rings (SSSR count). The Labute approximate surface area is 193 Å². The first kappa shape index (κ1) is 23.8. The Morgan fingerprint density at radius 1 is 1.14 bits per heavy atom. The van der Waals surface area contributed by atoms with Crippen LogP contribution in [-0.2, 0) is 16.1 Å². The quantitative estimate of drug-likeness (QED) is 0.509. The molecule has 5 nitrogen and oxygen atoms in total. The summed E-state index contributed by atoms with van der Waals surface area (Å²) in [6.07, 6.45) is 0.426. The molecule has 1 atom stereocenters. The molecule has 0 bridgehead atoms. The van der Waals surface area contributed by atoms with E-state index in [9.17, 15) is 9.59 Å². The predicted molar refractivity (Wildman–Crippen MR) is 120 cm³/mol. The fraction of sp³-hybridized carbons (Fsp3) is 0.300. The van der Waals surface area contributed by atoms with Crippen molar-refractivity contribution in [3.8, 4) is 5.75 Å². The van der Waals surface area contributed by atoms with E-state index < -0.39 is 6.04 Å². The van der Waals surface area contributed by atoms with Gasteiger partial charge in [-0.25, -0.2) is 0 Å². The van der Waals surface area contributed by atoms with Gasteiger partial charge in [0, 0.05) is 28.1 Å². The minimum atomic E-state index is -0.678. The van der Waals surface area contributed by atoms with Crippen molar-refractivity contribution in [3.63, 3.8) is 0 Å². The van der Waals surface area contributed by atoms with Gasteiger partial charge in [0.1, 0.15) is 11.8 Å². The Kier molecular flexibility index (Phi) is 9.08. The van der Waals surface area contributed by atoms with Gasteiger partial charge in [-0.15, -0.1) is 0 Å². The van der Waals surface area contributed by atoms with Gasteiger partial charge in [-0.3, -0.25) is 9.59 Å². The summed E-state index contributed by atoms with van der Waals surface area (Å²) < 4.78 is 6.40. The largest absolute Gasteiger partial charge is 0.482 e. The second-order valence-electron chi connectivity index (χ2n) is 6.16. The number of halogens is 4. The Hall–Kier alpha value is -1.47. The lowest BCUT2D eigenvalue weighted by atomic mass is 10.1. The molecular weight excluding hydrogens is 502 g/mol. The van der Waals surface area contributed by atoms with Crippen LogP contribution >= 0.6 is 50.7 Å². The second kappa shape index (κ2) is 11.1. The summed E-state index contributed by atoms with van der Waals surface area (Å²) in [5, 5.41) is 3.87. The monoisotopic (exact) mass is 520 g/mol. The molecule has 2 amide bonds. The molecule has 0 spiro atoms. The van der Waals surface area contributed by atoms with Crippen LogP contribution in [0, 0.1) is 0 Å². The Balaban J connectivity index is 2.25. The van der Waals surface area contributed by atoms with E-state index in [0.29, 0.717) is 32.8 Å². The van der Waals surface area contributed by atoms with Crippen LogP contribution in [0.1, 0.15) is 18.9 Å². The van der Waals surface area contributed by atoms with Crippen molar-refractivity contribution in [2.45, 2.75) is 25.9 Å². The summed E-state index contributed by atoms with van der Waals surface area (Å²) >= 11 is 21.7. The zero-order valence-electron chi connectivity index (χ0n) is 15.8. The maximum absolute atomic E-state index is 13.0. The molecular formula is C20H20BrCl3N2O3. The number of hydrogen-bond donors (Lipinski definition) is 1. The molecule has 2 aromatic rings. The normalized spacial score (nSPS) is 11.7. The first-order valence-electron chi connectivity index (χ1n) is 8.79. The van der Waals surface area contributed by atoms with Crippen molar-refractivity contribution in [3.05, 3.63) is 61.5 Å². The molecule has 29 heavy (non-hydrogen) atoms. The van der Waals surface area contributed by atoms with Gasteiger partial charge in [0.25, 0.3) is 5.91 Å². The molecule has 1 N–H and O–H groups in total. The maximum atomic E-state index is 13.0. The van der Waals surface area contributed by atoms with Crippen LogP contribution in [0.2, 0.25) is 15.1 Å². The van der Waals surface area contributed by atoms with Crippen molar-refractivity contribution < 1.29 is 14.3 Å². The maximum Gasteiger partial charge on any atom is 0.261 e. The molecule has 0 saturated heterocycles. The van der Waals surface area contributed by atoms with Crippen molar-refractivity contribution in [2.24, 2.45) is 0 Å². The van der Waals surface area contributed by atoms with Gasteiger partial charge >= 0.3 is 0 Å². The molecule has 0 aliphatic rings. The third kappa shape index (κ3) is 6.51. The zero-order chi connectivity index (χ0) is 21.6. The fourth-order valence-corrected chi connectivity index (χ4v) is 3.93. The summed E-state index contributed by atoms with van der Waals surface area (Å²) in [7, 11) is 1.53. The minimum absolute atomic E-state index is 0.137. The van der Waals surface area contributed by atoms with Crippen molar-refractivity contribution >= 4 is 62.5 Å². The van der Waals surface area contributed by atoms with Gasteiger partial charge in [-0.1, -0.05) is 63.7 Å².